The molecule has 0 aliphatic carbocycles. The smallest absolute Gasteiger partial charge is 0.0441 e. The summed E-state index contributed by atoms with van der Waals surface area (Å²) >= 11 is 3.44. The monoisotopic (exact) mass is 180 g/mol. The van der Waals surface area contributed by atoms with E-state index in [2.05, 4.69) is 22.9 Å². The summed E-state index contributed by atoms with van der Waals surface area (Å²) in [5, 5.41) is 8.43. The molecule has 0 rings (SSSR count). The molecule has 2 heteroatoms. The number of aliphatic hydroxyl groups is 1. The Morgan fingerprint density at radius 2 is 2.12 bits per heavy atom. The van der Waals surface area contributed by atoms with Gasteiger partial charge < -0.3 is 5.11 Å². The van der Waals surface area contributed by atoms with Crippen molar-refractivity contribution < 1.29 is 5.11 Å². The predicted molar refractivity (Wildman–Crippen MR) is 39.3 cm³/mol. The fourth-order valence-corrected chi connectivity index (χ4v) is 1.26. The minimum atomic E-state index is 0.302. The zero-order valence-corrected chi connectivity index (χ0v) is 6.82. The largest absolute Gasteiger partial charge is 0.396 e. The van der Waals surface area contributed by atoms with Crippen LogP contribution in [-0.2, 0) is 0 Å². The third-order valence-electron chi connectivity index (χ3n) is 1.04. The fourth-order valence-electron chi connectivity index (χ4n) is 0.598. The molecule has 1 nitrogen and oxygen atoms in total. The van der Waals surface area contributed by atoms with Crippen molar-refractivity contribution in [2.75, 3.05) is 6.61 Å². The van der Waals surface area contributed by atoms with Gasteiger partial charge in [-0.15, -0.1) is 0 Å². The Hall–Kier alpha value is 0.440. The van der Waals surface area contributed by atoms with E-state index in [1.165, 1.54) is 12.8 Å². The second-order valence-electron chi connectivity index (χ2n) is 1.90. The summed E-state index contributed by atoms with van der Waals surface area (Å²) in [5.41, 5.74) is 0. The Bertz CT molecular complexity index is 41.8. The molecule has 0 aromatic heterocycles. The molecule has 0 aromatic rings. The van der Waals surface area contributed by atoms with Crippen LogP contribution in [0.5, 0.6) is 0 Å². The highest BCUT2D eigenvalue weighted by Crippen LogP contribution is 2.10. The lowest BCUT2D eigenvalue weighted by molar-refractivity contribution is 0.286. The molecule has 0 amide bonds. The van der Waals surface area contributed by atoms with Crippen LogP contribution in [0.3, 0.4) is 0 Å². The molecule has 0 radical (unpaired) electrons. The Labute approximate surface area is 59.2 Å². The molecular formula is C6H13BrO. The normalized spacial score (nSPS) is 13.9. The van der Waals surface area contributed by atoms with Crippen LogP contribution >= 0.6 is 15.9 Å². The average Bonchev–Trinajstić information content (AvgIpc) is 1.68. The van der Waals surface area contributed by atoms with E-state index in [1.54, 1.807) is 0 Å². The molecule has 0 spiro atoms. The molecule has 1 N–H and O–H groups in total. The topological polar surface area (TPSA) is 20.2 Å². The van der Waals surface area contributed by atoms with Crippen LogP contribution < -0.4 is 0 Å². The first-order valence-corrected chi connectivity index (χ1v) is 3.97. The van der Waals surface area contributed by atoms with Gasteiger partial charge >= 0.3 is 0 Å². The molecule has 0 saturated carbocycles. The van der Waals surface area contributed by atoms with Gasteiger partial charge in [0.1, 0.15) is 0 Å². The van der Waals surface area contributed by atoms with Crippen LogP contribution in [0.25, 0.3) is 0 Å². The van der Waals surface area contributed by atoms with Gasteiger partial charge in [0.2, 0.25) is 0 Å². The summed E-state index contributed by atoms with van der Waals surface area (Å²) in [5.74, 6) is 0. The van der Waals surface area contributed by atoms with Crippen molar-refractivity contribution in [1.29, 1.82) is 0 Å². The number of rotatable bonds is 4. The van der Waals surface area contributed by atoms with Crippen LogP contribution in [-0.4, -0.2) is 16.5 Å². The average molecular weight is 181 g/mol. The van der Waals surface area contributed by atoms with E-state index >= 15 is 0 Å². The first-order chi connectivity index (χ1) is 3.81. The van der Waals surface area contributed by atoms with Crippen LogP contribution in [0.4, 0.5) is 0 Å². The quantitative estimate of drug-likeness (QED) is 0.657. The van der Waals surface area contributed by atoms with Crippen molar-refractivity contribution in [2.45, 2.75) is 31.0 Å². The lowest BCUT2D eigenvalue weighted by Crippen LogP contribution is -1.99. The Morgan fingerprint density at radius 1 is 1.50 bits per heavy atom. The number of hydrogen-bond donors (Lipinski definition) is 1. The van der Waals surface area contributed by atoms with Crippen molar-refractivity contribution in [3.05, 3.63) is 0 Å². The van der Waals surface area contributed by atoms with Gasteiger partial charge in [-0.3, -0.25) is 0 Å². The molecule has 0 aliphatic heterocycles. The second-order valence-corrected chi connectivity index (χ2v) is 3.19. The van der Waals surface area contributed by atoms with Crippen molar-refractivity contribution in [1.82, 2.24) is 0 Å². The maximum absolute atomic E-state index is 8.43. The highest BCUT2D eigenvalue weighted by molar-refractivity contribution is 9.09. The maximum atomic E-state index is 8.43. The highest BCUT2D eigenvalue weighted by Gasteiger charge is 1.98. The van der Waals surface area contributed by atoms with Gasteiger partial charge in [-0.2, -0.15) is 0 Å². The predicted octanol–water partition coefficient (Wildman–Crippen LogP) is 1.93. The number of halogens is 1. The van der Waals surface area contributed by atoms with Gasteiger partial charge in [0, 0.05) is 11.4 Å². The zero-order chi connectivity index (χ0) is 6.41. The van der Waals surface area contributed by atoms with Crippen LogP contribution in [0.2, 0.25) is 0 Å². The second kappa shape index (κ2) is 5.57. The SMILES string of the molecule is CCC[C@H](Br)CCO. The molecular weight excluding hydrogens is 168 g/mol. The van der Waals surface area contributed by atoms with E-state index < -0.39 is 0 Å². The van der Waals surface area contributed by atoms with Crippen LogP contribution in [0.1, 0.15) is 26.2 Å². The van der Waals surface area contributed by atoms with E-state index in [-0.39, 0.29) is 0 Å². The first-order valence-electron chi connectivity index (χ1n) is 3.06. The molecule has 0 unspecified atom stereocenters. The number of alkyl halides is 1. The maximum Gasteiger partial charge on any atom is 0.0441 e. The van der Waals surface area contributed by atoms with Crippen molar-refractivity contribution >= 4 is 15.9 Å². The van der Waals surface area contributed by atoms with Gasteiger partial charge in [0.25, 0.3) is 0 Å². The summed E-state index contributed by atoms with van der Waals surface area (Å²) in [6.07, 6.45) is 3.24. The Kier molecular flexibility index (Phi) is 5.88. The van der Waals surface area contributed by atoms with Gasteiger partial charge in [-0.05, 0) is 12.8 Å². The fraction of sp³-hybridized carbons (Fsp3) is 1.00. The number of aliphatic hydroxyl groups excluding tert-OH is 1. The molecule has 0 fully saturated rings. The highest BCUT2D eigenvalue weighted by atomic mass is 79.9. The summed E-state index contributed by atoms with van der Waals surface area (Å²) in [6.45, 7) is 2.45. The van der Waals surface area contributed by atoms with E-state index in [0.29, 0.717) is 11.4 Å². The molecule has 0 aromatic carbocycles. The van der Waals surface area contributed by atoms with Gasteiger partial charge in [-0.1, -0.05) is 29.3 Å². The summed E-state index contributed by atoms with van der Waals surface area (Å²) in [6, 6.07) is 0. The molecule has 8 heavy (non-hydrogen) atoms. The van der Waals surface area contributed by atoms with Gasteiger partial charge in [0.15, 0.2) is 0 Å². The molecule has 0 saturated heterocycles. The van der Waals surface area contributed by atoms with Crippen LogP contribution in [0, 0.1) is 0 Å². The van der Waals surface area contributed by atoms with Gasteiger partial charge in [0.05, 0.1) is 0 Å². The van der Waals surface area contributed by atoms with E-state index in [4.69, 9.17) is 5.11 Å². The first kappa shape index (κ1) is 8.44. The molecule has 0 bridgehead atoms. The third-order valence-corrected chi connectivity index (χ3v) is 1.96. The van der Waals surface area contributed by atoms with Crippen molar-refractivity contribution in [3.8, 4) is 0 Å². The number of hydrogen-bond acceptors (Lipinski definition) is 1. The summed E-state index contributed by atoms with van der Waals surface area (Å²) in [4.78, 5) is 0.525. The zero-order valence-electron chi connectivity index (χ0n) is 5.23. The van der Waals surface area contributed by atoms with Crippen LogP contribution in [0.15, 0.2) is 0 Å². The van der Waals surface area contributed by atoms with Gasteiger partial charge in [-0.25, -0.2) is 0 Å². The molecule has 1 atom stereocenters. The van der Waals surface area contributed by atoms with E-state index in [0.717, 1.165) is 6.42 Å². The molecule has 0 heterocycles. The van der Waals surface area contributed by atoms with Crippen molar-refractivity contribution in [3.63, 3.8) is 0 Å². The molecule has 50 valence electrons. The summed E-state index contributed by atoms with van der Waals surface area (Å²) < 4.78 is 0. The Balaban J connectivity index is 2.92. The lowest BCUT2D eigenvalue weighted by Gasteiger charge is -2.02. The van der Waals surface area contributed by atoms with E-state index in [1.807, 2.05) is 0 Å². The standard InChI is InChI=1S/C6H13BrO/c1-2-3-6(7)4-5-8/h6,8H,2-5H2,1H3/t6-/m0/s1. The minimum absolute atomic E-state index is 0.302. The Morgan fingerprint density at radius 3 is 2.50 bits per heavy atom. The van der Waals surface area contributed by atoms with Crippen molar-refractivity contribution in [2.24, 2.45) is 0 Å². The summed E-state index contributed by atoms with van der Waals surface area (Å²) in [7, 11) is 0. The lowest BCUT2D eigenvalue weighted by atomic mass is 10.2. The minimum Gasteiger partial charge on any atom is -0.396 e. The van der Waals surface area contributed by atoms with E-state index in [9.17, 15) is 0 Å². The molecule has 0 aliphatic rings. The third kappa shape index (κ3) is 4.60.